The van der Waals surface area contributed by atoms with E-state index in [0.717, 1.165) is 54.5 Å². The lowest BCUT2D eigenvalue weighted by atomic mass is 10.1. The Morgan fingerprint density at radius 2 is 2.00 bits per heavy atom. The van der Waals surface area contributed by atoms with Gasteiger partial charge in [0.25, 0.3) is 10.0 Å². The Kier molecular flexibility index (Phi) is 6.07. The van der Waals surface area contributed by atoms with Gasteiger partial charge in [0, 0.05) is 56.4 Å². The van der Waals surface area contributed by atoms with Crippen LogP contribution in [0.5, 0.6) is 0 Å². The standard InChI is InChI=1S/C11H17N3O3S.C6H5F3/c1-18(15,16)14-6-9-5-13(7-11(9)12-14)10-3-2-4-17-8-10;7-4-1-2-5(8)6(9)3-4/h6,10H,2-5,7-8H2,1H3;3H,1-2H2/t10-;/m1./s1. The number of rotatable bonds is 2. The molecule has 1 atom stereocenters. The van der Waals surface area contributed by atoms with Gasteiger partial charge in [-0.15, -0.1) is 0 Å². The first kappa shape index (κ1) is 20.1. The minimum Gasteiger partial charge on any atom is -0.380 e. The van der Waals surface area contributed by atoms with Crippen molar-refractivity contribution in [2.45, 2.75) is 44.8 Å². The van der Waals surface area contributed by atoms with Gasteiger partial charge in [-0.1, -0.05) is 0 Å². The van der Waals surface area contributed by atoms with Crippen LogP contribution in [0.2, 0.25) is 0 Å². The Balaban J connectivity index is 0.000000197. The molecule has 0 N–H and O–H groups in total. The maximum absolute atomic E-state index is 12.0. The maximum atomic E-state index is 12.0. The van der Waals surface area contributed by atoms with Crippen LogP contribution in [0, 0.1) is 0 Å². The predicted molar refractivity (Wildman–Crippen MR) is 93.2 cm³/mol. The normalized spacial score (nSPS) is 23.6. The quantitative estimate of drug-likeness (QED) is 0.757. The van der Waals surface area contributed by atoms with Crippen molar-refractivity contribution >= 4 is 10.0 Å². The molecule has 6 nitrogen and oxygen atoms in total. The van der Waals surface area contributed by atoms with Crippen LogP contribution in [0.25, 0.3) is 0 Å². The van der Waals surface area contributed by atoms with Gasteiger partial charge in [0.15, 0.2) is 5.83 Å². The fraction of sp³-hybridized carbons (Fsp3) is 0.588. The molecule has 0 bridgehead atoms. The highest BCUT2D eigenvalue weighted by atomic mass is 32.2. The van der Waals surface area contributed by atoms with Crippen LogP contribution in [-0.4, -0.2) is 48.0 Å². The SMILES string of the molecule is CS(=O)(=O)n1cc2c(n1)CN([C@@H]1CCCOC1)C2.FC1=CC(F)=C(F)CC1. The molecule has 150 valence electrons. The molecule has 2 aliphatic heterocycles. The molecule has 1 fully saturated rings. The van der Waals surface area contributed by atoms with Gasteiger partial charge in [0.2, 0.25) is 0 Å². The number of ether oxygens (including phenoxy) is 1. The van der Waals surface area contributed by atoms with Crippen LogP contribution >= 0.6 is 0 Å². The maximum Gasteiger partial charge on any atom is 0.250 e. The van der Waals surface area contributed by atoms with E-state index in [1.54, 1.807) is 6.20 Å². The molecule has 0 amide bonds. The molecule has 1 aromatic rings. The highest BCUT2D eigenvalue weighted by Crippen LogP contribution is 2.27. The Morgan fingerprint density at radius 1 is 1.22 bits per heavy atom. The first-order valence-electron chi connectivity index (χ1n) is 8.74. The molecule has 3 heterocycles. The summed E-state index contributed by atoms with van der Waals surface area (Å²) in [6.07, 6.45) is 5.47. The van der Waals surface area contributed by atoms with Crippen LogP contribution in [0.15, 0.2) is 29.8 Å². The predicted octanol–water partition coefficient (Wildman–Crippen LogP) is 2.97. The van der Waals surface area contributed by atoms with Crippen LogP contribution in [0.4, 0.5) is 13.2 Å². The summed E-state index contributed by atoms with van der Waals surface area (Å²) in [5.74, 6) is -2.51. The second kappa shape index (κ2) is 8.15. The fourth-order valence-electron chi connectivity index (χ4n) is 3.23. The summed E-state index contributed by atoms with van der Waals surface area (Å²) in [5.41, 5.74) is 1.90. The van der Waals surface area contributed by atoms with E-state index >= 15 is 0 Å². The number of hydrogen-bond acceptors (Lipinski definition) is 5. The zero-order valence-electron chi connectivity index (χ0n) is 15.0. The highest BCUT2D eigenvalue weighted by molar-refractivity contribution is 7.89. The van der Waals surface area contributed by atoms with Gasteiger partial charge >= 0.3 is 0 Å². The number of aromatic nitrogens is 2. The average molecular weight is 405 g/mol. The van der Waals surface area contributed by atoms with Crippen LogP contribution in [-0.2, 0) is 27.8 Å². The lowest BCUT2D eigenvalue weighted by molar-refractivity contribution is 0.0157. The summed E-state index contributed by atoms with van der Waals surface area (Å²) in [4.78, 5) is 2.32. The zero-order valence-corrected chi connectivity index (χ0v) is 15.8. The molecule has 0 radical (unpaired) electrons. The summed E-state index contributed by atoms with van der Waals surface area (Å²) in [6.45, 7) is 3.14. The fourth-order valence-corrected chi connectivity index (χ4v) is 3.79. The minimum absolute atomic E-state index is 0.0146. The summed E-state index contributed by atoms with van der Waals surface area (Å²) in [7, 11) is -3.26. The van der Waals surface area contributed by atoms with Crippen molar-refractivity contribution in [2.75, 3.05) is 19.5 Å². The first-order valence-corrected chi connectivity index (χ1v) is 10.6. The molecule has 0 saturated carbocycles. The van der Waals surface area contributed by atoms with Crippen molar-refractivity contribution in [3.05, 3.63) is 41.0 Å². The summed E-state index contributed by atoms with van der Waals surface area (Å²) >= 11 is 0. The second-order valence-corrected chi connectivity index (χ2v) is 8.70. The van der Waals surface area contributed by atoms with Crippen molar-refractivity contribution < 1.29 is 26.3 Å². The number of hydrogen-bond donors (Lipinski definition) is 0. The summed E-state index contributed by atoms with van der Waals surface area (Å²) < 4.78 is 65.4. The van der Waals surface area contributed by atoms with Crippen molar-refractivity contribution in [2.24, 2.45) is 0 Å². The molecule has 4 rings (SSSR count). The van der Waals surface area contributed by atoms with Gasteiger partial charge in [0.05, 0.1) is 18.6 Å². The molecular formula is C17H22F3N3O3S. The van der Waals surface area contributed by atoms with Gasteiger partial charge in [-0.05, 0) is 12.8 Å². The Morgan fingerprint density at radius 3 is 2.56 bits per heavy atom. The van der Waals surface area contributed by atoms with Gasteiger partial charge < -0.3 is 4.74 Å². The van der Waals surface area contributed by atoms with Gasteiger partial charge in [-0.2, -0.15) is 9.19 Å². The van der Waals surface area contributed by atoms with Gasteiger partial charge in [-0.25, -0.2) is 21.6 Å². The monoisotopic (exact) mass is 405 g/mol. The smallest absolute Gasteiger partial charge is 0.250 e. The lowest BCUT2D eigenvalue weighted by Crippen LogP contribution is -2.37. The third-order valence-corrected chi connectivity index (χ3v) is 5.57. The Labute approximate surface area is 156 Å². The Hall–Kier alpha value is -1.65. The van der Waals surface area contributed by atoms with E-state index in [1.165, 1.54) is 6.26 Å². The van der Waals surface area contributed by atoms with E-state index in [0.29, 0.717) is 12.1 Å². The van der Waals surface area contributed by atoms with E-state index in [4.69, 9.17) is 4.74 Å². The van der Waals surface area contributed by atoms with Crippen LogP contribution in [0.1, 0.15) is 36.9 Å². The third kappa shape index (κ3) is 4.99. The van der Waals surface area contributed by atoms with Crippen molar-refractivity contribution in [1.82, 2.24) is 14.1 Å². The molecule has 10 heteroatoms. The molecule has 1 saturated heterocycles. The average Bonchev–Trinajstić information content (AvgIpc) is 3.19. The Bertz CT molecular complexity index is 835. The zero-order chi connectivity index (χ0) is 19.6. The molecule has 3 aliphatic rings. The number of halogens is 3. The topological polar surface area (TPSA) is 64.4 Å². The molecule has 1 aliphatic carbocycles. The van der Waals surface area contributed by atoms with E-state index in [2.05, 4.69) is 10.00 Å². The van der Waals surface area contributed by atoms with Crippen LogP contribution in [0.3, 0.4) is 0 Å². The lowest BCUT2D eigenvalue weighted by Gasteiger charge is -2.30. The highest BCUT2D eigenvalue weighted by Gasteiger charge is 2.30. The van der Waals surface area contributed by atoms with E-state index < -0.39 is 27.5 Å². The van der Waals surface area contributed by atoms with Crippen molar-refractivity contribution in [1.29, 1.82) is 0 Å². The summed E-state index contributed by atoms with van der Waals surface area (Å²) in [6, 6.07) is 0.444. The first-order chi connectivity index (χ1) is 12.7. The summed E-state index contributed by atoms with van der Waals surface area (Å²) in [5, 5.41) is 4.15. The number of fused-ring (bicyclic) bond motifs is 1. The molecule has 0 aromatic carbocycles. The molecule has 27 heavy (non-hydrogen) atoms. The van der Waals surface area contributed by atoms with Crippen molar-refractivity contribution in [3.63, 3.8) is 0 Å². The number of nitrogens with zero attached hydrogens (tertiary/aromatic N) is 3. The van der Waals surface area contributed by atoms with E-state index in [-0.39, 0.29) is 12.8 Å². The van der Waals surface area contributed by atoms with Crippen molar-refractivity contribution in [3.8, 4) is 0 Å². The van der Waals surface area contributed by atoms with Gasteiger partial charge in [0.1, 0.15) is 11.7 Å². The van der Waals surface area contributed by atoms with E-state index in [1.807, 2.05) is 0 Å². The molecule has 1 aromatic heterocycles. The largest absolute Gasteiger partial charge is 0.380 e. The van der Waals surface area contributed by atoms with E-state index in [9.17, 15) is 21.6 Å². The third-order valence-electron chi connectivity index (χ3n) is 4.70. The number of allylic oxidation sites excluding steroid dienone is 4. The molecule has 0 unspecified atom stereocenters. The second-order valence-electron chi connectivity index (χ2n) is 6.86. The molecule has 0 spiro atoms. The van der Waals surface area contributed by atoms with Crippen LogP contribution < -0.4 is 0 Å². The minimum atomic E-state index is -3.26. The molecular weight excluding hydrogens is 383 g/mol. The van der Waals surface area contributed by atoms with Gasteiger partial charge in [-0.3, -0.25) is 4.90 Å².